The van der Waals surface area contributed by atoms with Gasteiger partial charge >= 0.3 is 23.8 Å². The molecule has 2 aromatic carbocycles. The van der Waals surface area contributed by atoms with Crippen LogP contribution in [0, 0.1) is 16.6 Å². The average Bonchev–Trinajstić information content (AvgIpc) is 2.68. The van der Waals surface area contributed by atoms with Gasteiger partial charge in [0.1, 0.15) is 5.75 Å². The molecule has 11 heteroatoms. The van der Waals surface area contributed by atoms with Crippen molar-refractivity contribution >= 4 is 85.7 Å². The Bertz CT molecular complexity index is 1010. The van der Waals surface area contributed by atoms with Crippen LogP contribution in [0.3, 0.4) is 0 Å². The van der Waals surface area contributed by atoms with E-state index in [4.69, 9.17) is 14.6 Å². The van der Waals surface area contributed by atoms with Gasteiger partial charge in [-0.25, -0.2) is 14.4 Å². The minimum Gasteiger partial charge on any atom is -0.477 e. The molecule has 166 valence electrons. The smallest absolute Gasteiger partial charge is 0.378 e. The monoisotopic (exact) mass is 770 g/mol. The van der Waals surface area contributed by atoms with E-state index in [1.54, 1.807) is 6.07 Å². The predicted octanol–water partition coefficient (Wildman–Crippen LogP) is 5.62. The molecule has 0 radical (unpaired) electrons. The zero-order chi connectivity index (χ0) is 23.5. The van der Waals surface area contributed by atoms with Gasteiger partial charge in [0.05, 0.1) is 11.1 Å². The molecule has 0 fully saturated rings. The minimum atomic E-state index is -4.23. The van der Waals surface area contributed by atoms with Crippen LogP contribution < -0.4 is 4.74 Å². The first-order valence-electron chi connectivity index (χ1n) is 8.63. The Morgan fingerprint density at radius 1 is 1.00 bits per heavy atom. The molecule has 0 amide bonds. The third-order valence-electron chi connectivity index (χ3n) is 4.00. The Morgan fingerprint density at radius 2 is 1.58 bits per heavy atom. The molecule has 1 N–H and O–H groups in total. The molecular weight excluding hydrogens is 755 g/mol. The van der Waals surface area contributed by atoms with Crippen molar-refractivity contribution in [1.29, 1.82) is 0 Å². The molecule has 0 spiro atoms. The summed E-state index contributed by atoms with van der Waals surface area (Å²) in [5, 5.41) is 8.72. The molecule has 31 heavy (non-hydrogen) atoms. The van der Waals surface area contributed by atoms with E-state index in [0.717, 1.165) is 10.7 Å². The van der Waals surface area contributed by atoms with Crippen molar-refractivity contribution in [1.82, 2.24) is 0 Å². The normalized spacial score (nSPS) is 12.4. The summed E-state index contributed by atoms with van der Waals surface area (Å²) in [6.45, 7) is 2.65. The summed E-state index contributed by atoms with van der Waals surface area (Å²) in [7, 11) is 0. The number of carbonyl (C=O) groups is 3. The van der Waals surface area contributed by atoms with Crippen molar-refractivity contribution in [2.24, 2.45) is 5.92 Å². The third kappa shape index (κ3) is 6.46. The molecular formula is C20H15F2I3O6. The number of aliphatic carboxylic acids is 1. The van der Waals surface area contributed by atoms with E-state index in [2.05, 4.69) is 45.2 Å². The van der Waals surface area contributed by atoms with E-state index in [1.165, 1.54) is 38.1 Å². The maximum Gasteiger partial charge on any atom is 0.378 e. The molecule has 0 aromatic heterocycles. The largest absolute Gasteiger partial charge is 0.477 e. The lowest BCUT2D eigenvalue weighted by molar-refractivity contribution is -0.187. The SMILES string of the molecule is CC(C)C(OC(=O)c1ccc(OC(=O)c2cc(I)cc(I)c2I)cc1)C(F)(F)C(=O)O. The second-order valence-electron chi connectivity index (χ2n) is 6.66. The number of esters is 2. The summed E-state index contributed by atoms with van der Waals surface area (Å²) in [4.78, 5) is 35.6. The van der Waals surface area contributed by atoms with Gasteiger partial charge in [0.25, 0.3) is 0 Å². The number of alkyl halides is 2. The number of hydrogen-bond acceptors (Lipinski definition) is 5. The topological polar surface area (TPSA) is 89.9 Å². The quantitative estimate of drug-likeness (QED) is 0.170. The standard InChI is InChI=1S/C20H15F2I3O6/c1-9(2)16(20(21,22)19(28)29)31-17(26)10-3-5-12(6-4-10)30-18(27)13-7-11(23)8-14(24)15(13)25/h3-9,16H,1-2H3,(H,28,29). The fourth-order valence-corrected chi connectivity index (χ4v) is 4.84. The second kappa shape index (κ2) is 10.7. The summed E-state index contributed by atoms with van der Waals surface area (Å²) in [6, 6.07) is 8.72. The van der Waals surface area contributed by atoms with Crippen molar-refractivity contribution in [3.05, 3.63) is 58.2 Å². The molecule has 2 rings (SSSR count). The van der Waals surface area contributed by atoms with Crippen molar-refractivity contribution < 1.29 is 37.7 Å². The van der Waals surface area contributed by atoms with Gasteiger partial charge in [-0.1, -0.05) is 13.8 Å². The van der Waals surface area contributed by atoms with Gasteiger partial charge in [0, 0.05) is 10.7 Å². The summed E-state index contributed by atoms with van der Waals surface area (Å²) < 4.78 is 40.3. The van der Waals surface area contributed by atoms with E-state index < -0.39 is 35.9 Å². The number of carboxylic acid groups (broad SMARTS) is 1. The first-order valence-corrected chi connectivity index (χ1v) is 11.9. The Kier molecular flexibility index (Phi) is 9.01. The lowest BCUT2D eigenvalue weighted by Gasteiger charge is -2.26. The van der Waals surface area contributed by atoms with Gasteiger partial charge in [0.15, 0.2) is 6.10 Å². The number of halogens is 5. The van der Waals surface area contributed by atoms with Crippen LogP contribution in [0.15, 0.2) is 36.4 Å². The predicted molar refractivity (Wildman–Crippen MR) is 133 cm³/mol. The van der Waals surface area contributed by atoms with Gasteiger partial charge in [-0.15, -0.1) is 0 Å². The molecule has 0 aliphatic rings. The summed E-state index contributed by atoms with van der Waals surface area (Å²) >= 11 is 6.25. The zero-order valence-corrected chi connectivity index (χ0v) is 22.5. The minimum absolute atomic E-state index is 0.0926. The first kappa shape index (κ1) is 26.2. The van der Waals surface area contributed by atoms with Crippen LogP contribution in [0.5, 0.6) is 5.75 Å². The third-order valence-corrected chi connectivity index (χ3v) is 7.66. The van der Waals surface area contributed by atoms with Gasteiger partial charge < -0.3 is 14.6 Å². The fraction of sp³-hybridized carbons (Fsp3) is 0.250. The Hall–Kier alpha value is -1.10. The summed E-state index contributed by atoms with van der Waals surface area (Å²) in [6.07, 6.45) is -2.14. The molecule has 0 heterocycles. The molecule has 0 aliphatic carbocycles. The van der Waals surface area contributed by atoms with Gasteiger partial charge in [-0.2, -0.15) is 8.78 Å². The van der Waals surface area contributed by atoms with Crippen LogP contribution in [-0.2, 0) is 9.53 Å². The molecule has 0 saturated heterocycles. The molecule has 2 aromatic rings. The van der Waals surface area contributed by atoms with E-state index in [9.17, 15) is 23.2 Å². The van der Waals surface area contributed by atoms with Gasteiger partial charge in [-0.05, 0) is 110 Å². The molecule has 1 unspecified atom stereocenters. The van der Waals surface area contributed by atoms with E-state index in [0.29, 0.717) is 5.56 Å². The van der Waals surface area contributed by atoms with Crippen molar-refractivity contribution in [3.8, 4) is 5.75 Å². The second-order valence-corrected chi connectivity index (χ2v) is 10.1. The van der Waals surface area contributed by atoms with Crippen LogP contribution in [0.1, 0.15) is 34.6 Å². The fourth-order valence-electron chi connectivity index (χ4n) is 2.46. The summed E-state index contributed by atoms with van der Waals surface area (Å²) in [5.41, 5.74) is 0.293. The van der Waals surface area contributed by atoms with Crippen LogP contribution in [-0.4, -0.2) is 35.0 Å². The van der Waals surface area contributed by atoms with Crippen molar-refractivity contribution in [3.63, 3.8) is 0 Å². The Labute approximate surface area is 217 Å². The number of ether oxygens (including phenoxy) is 2. The highest BCUT2D eigenvalue weighted by atomic mass is 127. The average molecular weight is 770 g/mol. The maximum atomic E-state index is 13.9. The number of benzene rings is 2. The Balaban J connectivity index is 2.15. The van der Waals surface area contributed by atoms with Crippen molar-refractivity contribution in [2.45, 2.75) is 25.9 Å². The van der Waals surface area contributed by atoms with Gasteiger partial charge in [-0.3, -0.25) is 0 Å². The van der Waals surface area contributed by atoms with E-state index >= 15 is 0 Å². The molecule has 0 saturated carbocycles. The lowest BCUT2D eigenvalue weighted by Crippen LogP contribution is -2.47. The highest BCUT2D eigenvalue weighted by Crippen LogP contribution is 2.29. The van der Waals surface area contributed by atoms with Gasteiger partial charge in [0.2, 0.25) is 0 Å². The van der Waals surface area contributed by atoms with E-state index in [1.807, 2.05) is 28.7 Å². The number of rotatable bonds is 7. The maximum absolute atomic E-state index is 13.9. The molecule has 6 nitrogen and oxygen atoms in total. The zero-order valence-electron chi connectivity index (χ0n) is 16.0. The molecule has 1 atom stereocenters. The lowest BCUT2D eigenvalue weighted by atomic mass is 10.0. The molecule has 0 aliphatic heterocycles. The molecule has 0 bridgehead atoms. The first-order chi connectivity index (χ1) is 14.3. The highest BCUT2D eigenvalue weighted by Gasteiger charge is 2.51. The number of carbonyl (C=O) groups excluding carboxylic acids is 2. The van der Waals surface area contributed by atoms with Crippen LogP contribution in [0.2, 0.25) is 0 Å². The Morgan fingerprint density at radius 3 is 2.10 bits per heavy atom. The summed E-state index contributed by atoms with van der Waals surface area (Å²) in [5.74, 6) is -9.10. The van der Waals surface area contributed by atoms with Crippen LogP contribution in [0.4, 0.5) is 8.78 Å². The van der Waals surface area contributed by atoms with Crippen LogP contribution in [0.25, 0.3) is 0 Å². The van der Waals surface area contributed by atoms with Crippen molar-refractivity contribution in [2.75, 3.05) is 0 Å². The highest BCUT2D eigenvalue weighted by molar-refractivity contribution is 14.1. The van der Waals surface area contributed by atoms with E-state index in [-0.39, 0.29) is 11.3 Å². The number of hydrogen-bond donors (Lipinski definition) is 1. The number of carboxylic acids is 1. The van der Waals surface area contributed by atoms with Crippen LogP contribution >= 0.6 is 67.8 Å².